The van der Waals surface area contributed by atoms with Gasteiger partial charge < -0.3 is 4.42 Å². The van der Waals surface area contributed by atoms with E-state index in [-0.39, 0.29) is 34.1 Å². The lowest BCUT2D eigenvalue weighted by atomic mass is 10.0. The Kier molecular flexibility index (Phi) is 1.71. The van der Waals surface area contributed by atoms with Gasteiger partial charge in [0.25, 0.3) is 0 Å². The molecule has 0 atom stereocenters. The molecule has 0 aliphatic carbocycles. The molecule has 110 valence electrons. The van der Waals surface area contributed by atoms with Gasteiger partial charge in [0.1, 0.15) is 11.7 Å². The summed E-state index contributed by atoms with van der Waals surface area (Å²) in [6.45, 7) is -4.88. The first-order valence-electron chi connectivity index (χ1n) is 10.4. The van der Waals surface area contributed by atoms with E-state index in [1.807, 2.05) is 6.07 Å². The lowest BCUT2D eigenvalue weighted by Crippen LogP contribution is -1.84. The van der Waals surface area contributed by atoms with Crippen LogP contribution in [0.4, 0.5) is 0 Å². The van der Waals surface area contributed by atoms with E-state index in [4.69, 9.17) is 14.0 Å². The number of pyridine rings is 1. The largest absolute Gasteiger partial charge is 0.454 e. The van der Waals surface area contributed by atoms with Gasteiger partial charge in [-0.2, -0.15) is 5.26 Å². The second-order valence-corrected chi connectivity index (χ2v) is 5.13. The van der Waals surface area contributed by atoms with Gasteiger partial charge in [0, 0.05) is 30.7 Å². The van der Waals surface area contributed by atoms with Crippen LogP contribution in [0.15, 0.2) is 53.1 Å². The van der Waals surface area contributed by atoms with Gasteiger partial charge in [0.2, 0.25) is 0 Å². The van der Waals surface area contributed by atoms with Crippen LogP contribution in [-0.2, 0) is 0 Å². The lowest BCUT2D eigenvalue weighted by Gasteiger charge is -2.02. The summed E-state index contributed by atoms with van der Waals surface area (Å²) < 4.78 is 59.7. The Hall–Kier alpha value is -3.12. The minimum absolute atomic E-state index is 0.0204. The topological polar surface area (TPSA) is 49.8 Å². The summed E-state index contributed by atoms with van der Waals surface area (Å²) >= 11 is 0. The second-order valence-electron chi connectivity index (χ2n) is 5.13. The zero-order valence-electron chi connectivity index (χ0n) is 18.8. The van der Waals surface area contributed by atoms with E-state index in [9.17, 15) is 5.26 Å². The molecular weight excluding hydrogens is 284 g/mol. The van der Waals surface area contributed by atoms with Crippen LogP contribution in [0.3, 0.4) is 0 Å². The molecule has 0 spiro atoms. The van der Waals surface area contributed by atoms with E-state index in [2.05, 4.69) is 4.98 Å². The Labute approximate surface area is 143 Å². The van der Waals surface area contributed by atoms with Crippen molar-refractivity contribution in [3.8, 4) is 17.3 Å². The van der Waals surface area contributed by atoms with E-state index >= 15 is 0 Å². The Morgan fingerprint density at radius 3 is 2.87 bits per heavy atom. The van der Waals surface area contributed by atoms with Crippen molar-refractivity contribution in [1.82, 2.24) is 4.98 Å². The van der Waals surface area contributed by atoms with Crippen LogP contribution in [-0.4, -0.2) is 4.98 Å². The molecule has 0 aliphatic heterocycles. The number of nitrogens with zero attached hydrogens (tertiary/aromatic N) is 2. The summed E-state index contributed by atoms with van der Waals surface area (Å²) in [5, 5.41) is 10.8. The number of furan rings is 1. The van der Waals surface area contributed by atoms with Crippen molar-refractivity contribution in [1.29, 1.82) is 5.26 Å². The van der Waals surface area contributed by atoms with Gasteiger partial charge >= 0.3 is 0 Å². The number of aryl methyl sites for hydroxylation is 2. The number of aromatic nitrogens is 1. The highest BCUT2D eigenvalue weighted by atomic mass is 16.3. The average molecular weight is 305 g/mol. The quantitative estimate of drug-likeness (QED) is 0.489. The number of para-hydroxylation sites is 1. The fourth-order valence-electron chi connectivity index (χ4n) is 2.71. The van der Waals surface area contributed by atoms with Crippen LogP contribution in [0.2, 0.25) is 0 Å². The van der Waals surface area contributed by atoms with Crippen LogP contribution >= 0.6 is 0 Å². The van der Waals surface area contributed by atoms with Crippen molar-refractivity contribution in [2.45, 2.75) is 13.7 Å². The van der Waals surface area contributed by atoms with E-state index in [1.54, 1.807) is 24.3 Å². The molecule has 3 heteroatoms. The number of rotatable bonds is 1. The molecule has 2 aromatic carbocycles. The summed E-state index contributed by atoms with van der Waals surface area (Å²) in [6.07, 6.45) is -0.200. The molecule has 4 rings (SSSR count). The van der Waals surface area contributed by atoms with Crippen molar-refractivity contribution in [2.75, 3.05) is 0 Å². The standard InChI is InChI=1S/C20H14N2O/c1-12-8-9-22-18(10-12)16-5-3-4-14-15-7-6-13(2)17(11-21)20(15)23-19(14)16/h3-10H,1-2H3/i1D3,2D3,9D. The molecule has 0 radical (unpaired) electrons. The van der Waals surface area contributed by atoms with E-state index in [0.717, 1.165) is 0 Å². The van der Waals surface area contributed by atoms with Gasteiger partial charge in [-0.3, -0.25) is 4.98 Å². The van der Waals surface area contributed by atoms with Gasteiger partial charge in [0.15, 0.2) is 5.58 Å². The number of hydrogen-bond donors (Lipinski definition) is 0. The molecule has 3 nitrogen and oxygen atoms in total. The van der Waals surface area contributed by atoms with E-state index in [1.165, 1.54) is 18.2 Å². The smallest absolute Gasteiger partial charge is 0.153 e. The Balaban J connectivity index is 2.05. The number of fused-ring (bicyclic) bond motifs is 3. The van der Waals surface area contributed by atoms with Crippen molar-refractivity contribution in [3.05, 3.63) is 65.3 Å². The molecule has 0 amide bonds. The number of benzene rings is 2. The molecule has 0 unspecified atom stereocenters. The molecule has 0 N–H and O–H groups in total. The Morgan fingerprint density at radius 2 is 2.04 bits per heavy atom. The predicted octanol–water partition coefficient (Wildman–Crippen LogP) is 5.14. The first-order valence-corrected chi connectivity index (χ1v) is 6.89. The third-order valence-corrected chi connectivity index (χ3v) is 3.75. The maximum atomic E-state index is 9.59. The Bertz CT molecular complexity index is 1340. The maximum absolute atomic E-state index is 9.59. The maximum Gasteiger partial charge on any atom is 0.153 e. The van der Waals surface area contributed by atoms with Gasteiger partial charge in [-0.05, 0) is 43.0 Å². The summed E-state index contributed by atoms with van der Waals surface area (Å²) in [5.41, 5.74) is 0.977. The van der Waals surface area contributed by atoms with Crippen molar-refractivity contribution in [2.24, 2.45) is 0 Å². The van der Waals surface area contributed by atoms with Crippen molar-refractivity contribution in [3.63, 3.8) is 0 Å². The molecule has 0 aliphatic rings. The normalized spacial score (nSPS) is 16.6. The lowest BCUT2D eigenvalue weighted by molar-refractivity contribution is 0.668. The molecule has 0 saturated heterocycles. The SMILES string of the molecule is [2H]c1cc(C([2H])([2H])[2H])cc(-c2cccc3c2oc2c(C#N)c(C([2H])([2H])[2H])ccc23)n1. The van der Waals surface area contributed by atoms with Gasteiger partial charge in [0.05, 0.1) is 12.6 Å². The summed E-state index contributed by atoms with van der Waals surface area (Å²) in [7, 11) is 0. The molecule has 4 aromatic rings. The van der Waals surface area contributed by atoms with Crippen LogP contribution in [0.5, 0.6) is 0 Å². The van der Waals surface area contributed by atoms with E-state index in [0.29, 0.717) is 21.9 Å². The highest BCUT2D eigenvalue weighted by Gasteiger charge is 2.16. The molecule has 2 aromatic heterocycles. The highest BCUT2D eigenvalue weighted by molar-refractivity contribution is 6.10. The Morgan fingerprint density at radius 1 is 1.13 bits per heavy atom. The molecular formula is C20H14N2O. The molecule has 0 bridgehead atoms. The van der Waals surface area contributed by atoms with Gasteiger partial charge in [-0.15, -0.1) is 0 Å². The monoisotopic (exact) mass is 305 g/mol. The number of hydrogen-bond acceptors (Lipinski definition) is 3. The third kappa shape index (κ3) is 2.00. The van der Waals surface area contributed by atoms with Crippen molar-refractivity contribution >= 4 is 21.9 Å². The van der Waals surface area contributed by atoms with Crippen LogP contribution in [0, 0.1) is 25.0 Å². The number of nitriles is 1. The molecule has 23 heavy (non-hydrogen) atoms. The second kappa shape index (κ2) is 4.96. The van der Waals surface area contributed by atoms with Crippen LogP contribution in [0.25, 0.3) is 33.2 Å². The summed E-state index contributed by atoms with van der Waals surface area (Å²) in [4.78, 5) is 4.14. The zero-order chi connectivity index (χ0) is 21.8. The predicted molar refractivity (Wildman–Crippen MR) is 91.1 cm³/mol. The van der Waals surface area contributed by atoms with E-state index < -0.39 is 13.7 Å². The zero-order valence-corrected chi connectivity index (χ0v) is 11.8. The minimum atomic E-state index is -2.48. The molecule has 0 fully saturated rings. The summed E-state index contributed by atoms with van der Waals surface area (Å²) in [6, 6.07) is 12.6. The molecule has 0 saturated carbocycles. The fraction of sp³-hybridized carbons (Fsp3) is 0.100. The highest BCUT2D eigenvalue weighted by Crippen LogP contribution is 2.37. The van der Waals surface area contributed by atoms with Crippen LogP contribution < -0.4 is 0 Å². The van der Waals surface area contributed by atoms with Crippen molar-refractivity contribution < 1.29 is 14.0 Å². The fourth-order valence-corrected chi connectivity index (χ4v) is 2.71. The first-order chi connectivity index (χ1) is 14.0. The third-order valence-electron chi connectivity index (χ3n) is 3.75. The average Bonchev–Trinajstić information content (AvgIpc) is 3.04. The first kappa shape index (κ1) is 7.94. The summed E-state index contributed by atoms with van der Waals surface area (Å²) in [5.74, 6) is 0. The molecule has 2 heterocycles. The van der Waals surface area contributed by atoms with Crippen LogP contribution in [0.1, 0.15) is 26.3 Å². The van der Waals surface area contributed by atoms with Gasteiger partial charge in [-0.25, -0.2) is 0 Å². The minimum Gasteiger partial charge on any atom is -0.454 e. The van der Waals surface area contributed by atoms with Gasteiger partial charge in [-0.1, -0.05) is 24.3 Å².